The molecule has 0 spiro atoms. The number of thioether (sulfide) groups is 1. The van der Waals surface area contributed by atoms with E-state index in [0.29, 0.717) is 11.1 Å². The molecule has 0 saturated heterocycles. The van der Waals surface area contributed by atoms with Gasteiger partial charge in [-0.1, -0.05) is 30.0 Å². The van der Waals surface area contributed by atoms with Gasteiger partial charge in [-0.25, -0.2) is 0 Å². The lowest BCUT2D eigenvalue weighted by Gasteiger charge is -2.06. The quantitative estimate of drug-likeness (QED) is 0.535. The number of aryl methyl sites for hydroxylation is 2. The van der Waals surface area contributed by atoms with Gasteiger partial charge in [-0.05, 0) is 31.2 Å². The summed E-state index contributed by atoms with van der Waals surface area (Å²) < 4.78 is 7.54. The normalized spacial score (nSPS) is 11.3. The van der Waals surface area contributed by atoms with Gasteiger partial charge in [0.05, 0.1) is 5.75 Å². The Bertz CT molecular complexity index is 1100. The number of hydrogen-bond acceptors (Lipinski definition) is 5. The summed E-state index contributed by atoms with van der Waals surface area (Å²) in [5.41, 5.74) is 3.15. The Balaban J connectivity index is 1.57. The number of rotatable bonds is 5. The zero-order valence-electron chi connectivity index (χ0n) is 14.5. The molecule has 7 heteroatoms. The summed E-state index contributed by atoms with van der Waals surface area (Å²) in [6.07, 6.45) is 0. The van der Waals surface area contributed by atoms with Crippen LogP contribution in [0.3, 0.4) is 0 Å². The fourth-order valence-corrected chi connectivity index (χ4v) is 3.74. The van der Waals surface area contributed by atoms with E-state index in [1.165, 1.54) is 28.2 Å². The van der Waals surface area contributed by atoms with Gasteiger partial charge >= 0.3 is 0 Å². The van der Waals surface area contributed by atoms with Crippen LogP contribution >= 0.6 is 11.8 Å². The average Bonchev–Trinajstić information content (AvgIpc) is 3.20. The fourth-order valence-electron chi connectivity index (χ4n) is 3.13. The molecule has 26 heavy (non-hydrogen) atoms. The smallest absolute Gasteiger partial charge is 0.277 e. The Morgan fingerprint density at radius 2 is 1.96 bits per heavy atom. The van der Waals surface area contributed by atoms with Gasteiger partial charge in [-0.15, -0.1) is 10.2 Å². The number of aromatic nitrogens is 3. The van der Waals surface area contributed by atoms with E-state index in [4.69, 9.17) is 4.42 Å². The molecule has 2 heterocycles. The Labute approximate surface area is 154 Å². The summed E-state index contributed by atoms with van der Waals surface area (Å²) in [5.74, 6) is 0.603. The molecule has 0 aliphatic rings. The van der Waals surface area contributed by atoms with E-state index in [0.717, 1.165) is 17.6 Å². The van der Waals surface area contributed by atoms with Gasteiger partial charge < -0.3 is 14.3 Å². The van der Waals surface area contributed by atoms with Crippen LogP contribution < -0.4 is 5.32 Å². The number of carbonyl (C=O) groups is 1. The van der Waals surface area contributed by atoms with Gasteiger partial charge in [-0.2, -0.15) is 0 Å². The van der Waals surface area contributed by atoms with E-state index >= 15 is 0 Å². The minimum absolute atomic E-state index is 0.107. The Morgan fingerprint density at radius 3 is 2.73 bits per heavy atom. The monoisotopic (exact) mass is 366 g/mol. The largest absolute Gasteiger partial charge is 0.416 e. The van der Waals surface area contributed by atoms with E-state index in [1.54, 1.807) is 6.92 Å². The number of hydrogen-bond donors (Lipinski definition) is 1. The molecule has 0 fully saturated rings. The highest BCUT2D eigenvalue weighted by molar-refractivity contribution is 7.99. The summed E-state index contributed by atoms with van der Waals surface area (Å²) in [7, 11) is 0. The van der Waals surface area contributed by atoms with Crippen molar-refractivity contribution in [3.8, 4) is 0 Å². The molecule has 0 saturated carbocycles. The third-order valence-corrected chi connectivity index (χ3v) is 5.03. The highest BCUT2D eigenvalue weighted by Crippen LogP contribution is 2.31. The van der Waals surface area contributed by atoms with Crippen molar-refractivity contribution < 1.29 is 9.21 Å². The highest BCUT2D eigenvalue weighted by atomic mass is 32.2. The van der Waals surface area contributed by atoms with Crippen LogP contribution in [-0.4, -0.2) is 26.4 Å². The molecule has 1 N–H and O–H groups in total. The van der Waals surface area contributed by atoms with Gasteiger partial charge in [0, 0.05) is 41.0 Å². The van der Waals surface area contributed by atoms with Crippen molar-refractivity contribution in [2.24, 2.45) is 0 Å². The van der Waals surface area contributed by atoms with Crippen LogP contribution in [0.2, 0.25) is 0 Å². The van der Waals surface area contributed by atoms with Gasteiger partial charge in [0.25, 0.3) is 5.22 Å². The van der Waals surface area contributed by atoms with Crippen LogP contribution in [0, 0.1) is 6.92 Å². The minimum Gasteiger partial charge on any atom is -0.416 e. The third-order valence-electron chi connectivity index (χ3n) is 4.21. The van der Waals surface area contributed by atoms with Crippen LogP contribution in [0.25, 0.3) is 21.8 Å². The molecule has 2 aromatic heterocycles. The molecule has 0 aliphatic carbocycles. The molecule has 0 atom stereocenters. The number of fused-ring (bicyclic) bond motifs is 3. The van der Waals surface area contributed by atoms with Crippen LogP contribution in [0.15, 0.2) is 52.1 Å². The molecule has 0 bridgehead atoms. The predicted molar refractivity (Wildman–Crippen MR) is 104 cm³/mol. The molecular weight excluding hydrogens is 348 g/mol. The van der Waals surface area contributed by atoms with E-state index in [2.05, 4.69) is 45.2 Å². The number of nitrogens with zero attached hydrogens (tertiary/aromatic N) is 3. The second-order valence-corrected chi connectivity index (χ2v) is 6.84. The molecule has 1 amide bonds. The van der Waals surface area contributed by atoms with E-state index in [9.17, 15) is 4.79 Å². The second kappa shape index (κ2) is 6.84. The van der Waals surface area contributed by atoms with Gasteiger partial charge in [0.1, 0.15) is 0 Å². The maximum Gasteiger partial charge on any atom is 0.277 e. The molecule has 4 rings (SSSR count). The first-order valence-electron chi connectivity index (χ1n) is 8.39. The first-order valence-corrected chi connectivity index (χ1v) is 9.38. The summed E-state index contributed by atoms with van der Waals surface area (Å²) in [4.78, 5) is 12.2. The first kappa shape index (κ1) is 16.7. The van der Waals surface area contributed by atoms with E-state index < -0.39 is 0 Å². The number of benzene rings is 2. The van der Waals surface area contributed by atoms with Crippen LogP contribution in [0.1, 0.15) is 12.8 Å². The molecule has 6 nitrogen and oxygen atoms in total. The summed E-state index contributed by atoms with van der Waals surface area (Å²) in [6, 6.07) is 14.4. The van der Waals surface area contributed by atoms with Gasteiger partial charge in [0.2, 0.25) is 11.8 Å². The maximum absolute atomic E-state index is 12.2. The first-order chi connectivity index (χ1) is 12.7. The predicted octanol–water partition coefficient (Wildman–Crippen LogP) is 4.24. The molecule has 0 radical (unpaired) electrons. The van der Waals surface area contributed by atoms with E-state index in [-0.39, 0.29) is 11.7 Å². The number of amides is 1. The third kappa shape index (κ3) is 3.06. The number of para-hydroxylation sites is 1. The van der Waals surface area contributed by atoms with Crippen LogP contribution in [0.5, 0.6) is 0 Å². The number of carbonyl (C=O) groups excluding carboxylic acids is 1. The maximum atomic E-state index is 12.2. The van der Waals surface area contributed by atoms with Gasteiger partial charge in [-0.3, -0.25) is 4.79 Å². The van der Waals surface area contributed by atoms with E-state index in [1.807, 2.05) is 24.3 Å². The number of nitrogens with one attached hydrogen (secondary N) is 1. The summed E-state index contributed by atoms with van der Waals surface area (Å²) in [6.45, 7) is 4.76. The molecule has 132 valence electrons. The summed E-state index contributed by atoms with van der Waals surface area (Å²) >= 11 is 1.23. The SMILES string of the molecule is CCn1c2ccccc2c2cc(NC(=O)CSc3nnc(C)o3)ccc21. The zero-order chi connectivity index (χ0) is 18.1. The lowest BCUT2D eigenvalue weighted by Crippen LogP contribution is -2.13. The van der Waals surface area contributed by atoms with Crippen molar-refractivity contribution >= 4 is 45.2 Å². The average molecular weight is 366 g/mol. The highest BCUT2D eigenvalue weighted by Gasteiger charge is 2.12. The van der Waals surface area contributed by atoms with Crippen molar-refractivity contribution in [1.82, 2.24) is 14.8 Å². The van der Waals surface area contributed by atoms with Crippen molar-refractivity contribution in [3.63, 3.8) is 0 Å². The lowest BCUT2D eigenvalue weighted by molar-refractivity contribution is -0.113. The zero-order valence-corrected chi connectivity index (χ0v) is 15.3. The standard InChI is InChI=1S/C19H18N4O2S/c1-3-23-16-7-5-4-6-14(16)15-10-13(8-9-17(15)23)20-18(24)11-26-19-22-21-12(2)25-19/h4-10H,3,11H2,1-2H3,(H,20,24). The van der Waals surface area contributed by atoms with Crippen molar-refractivity contribution in [2.45, 2.75) is 25.6 Å². The van der Waals surface area contributed by atoms with Crippen molar-refractivity contribution in [3.05, 3.63) is 48.4 Å². The molecule has 4 aromatic rings. The Morgan fingerprint density at radius 1 is 1.15 bits per heavy atom. The van der Waals surface area contributed by atoms with Crippen LogP contribution in [-0.2, 0) is 11.3 Å². The fraction of sp³-hybridized carbons (Fsp3) is 0.211. The molecule has 0 aliphatic heterocycles. The molecule has 0 unspecified atom stereocenters. The Kier molecular flexibility index (Phi) is 4.38. The van der Waals surface area contributed by atoms with Crippen LogP contribution in [0.4, 0.5) is 5.69 Å². The molecular formula is C19H18N4O2S. The summed E-state index contributed by atoms with van der Waals surface area (Å²) in [5, 5.41) is 13.3. The van der Waals surface area contributed by atoms with Crippen molar-refractivity contribution in [1.29, 1.82) is 0 Å². The van der Waals surface area contributed by atoms with Gasteiger partial charge in [0.15, 0.2) is 0 Å². The second-order valence-electron chi connectivity index (χ2n) is 5.92. The lowest BCUT2D eigenvalue weighted by atomic mass is 10.1. The van der Waals surface area contributed by atoms with Crippen molar-refractivity contribution in [2.75, 3.05) is 11.1 Å². The Hall–Kier alpha value is -2.80. The topological polar surface area (TPSA) is 73.0 Å². The molecule has 2 aromatic carbocycles. The number of anilines is 1. The minimum atomic E-state index is -0.107.